The molecule has 0 saturated carbocycles. The fourth-order valence-electron chi connectivity index (χ4n) is 4.12. The summed E-state index contributed by atoms with van der Waals surface area (Å²) in [6.45, 7) is 3.14. The van der Waals surface area contributed by atoms with E-state index in [-0.39, 0.29) is 34.4 Å². The van der Waals surface area contributed by atoms with Crippen molar-refractivity contribution in [2.75, 3.05) is 24.5 Å². The first-order chi connectivity index (χ1) is 17.8. The van der Waals surface area contributed by atoms with Crippen molar-refractivity contribution in [3.63, 3.8) is 0 Å². The van der Waals surface area contributed by atoms with Crippen LogP contribution in [0.1, 0.15) is 13.3 Å². The molecule has 0 radical (unpaired) electrons. The number of aromatic nitrogens is 2. The molecule has 0 unspecified atom stereocenters. The van der Waals surface area contributed by atoms with Gasteiger partial charge in [0.15, 0.2) is 17.2 Å². The molecular weight excluding hydrogens is 498 g/mol. The predicted octanol–water partition coefficient (Wildman–Crippen LogP) is 4.03. The van der Waals surface area contributed by atoms with Gasteiger partial charge in [-0.05, 0) is 36.8 Å². The smallest absolute Gasteiger partial charge is 0.328 e. The number of anilines is 1. The summed E-state index contributed by atoms with van der Waals surface area (Å²) < 4.78 is 55.6. The van der Waals surface area contributed by atoms with E-state index in [9.17, 15) is 13.2 Å². The number of benzene rings is 3. The molecule has 0 spiro atoms. The summed E-state index contributed by atoms with van der Waals surface area (Å²) in [4.78, 5) is 12.5. The Hall–Kier alpha value is -4.12. The van der Waals surface area contributed by atoms with Crippen LogP contribution < -0.4 is 29.4 Å². The second-order valence-electron chi connectivity index (χ2n) is 8.55. The summed E-state index contributed by atoms with van der Waals surface area (Å²) in [6, 6.07) is 15.0. The van der Waals surface area contributed by atoms with Gasteiger partial charge in [0, 0.05) is 26.2 Å². The number of ether oxygens (including phenoxy) is 4. The molecule has 5 rings (SSSR count). The van der Waals surface area contributed by atoms with Crippen molar-refractivity contribution in [2.24, 2.45) is 14.1 Å². The van der Waals surface area contributed by atoms with Crippen LogP contribution in [0.2, 0.25) is 0 Å². The summed E-state index contributed by atoms with van der Waals surface area (Å²) in [7, 11) is -0.863. The van der Waals surface area contributed by atoms with Crippen molar-refractivity contribution in [3.05, 3.63) is 65.1 Å². The summed E-state index contributed by atoms with van der Waals surface area (Å²) in [6.07, 6.45) is 0.855. The Morgan fingerprint density at radius 1 is 0.946 bits per heavy atom. The van der Waals surface area contributed by atoms with E-state index >= 15 is 0 Å². The Morgan fingerprint density at radius 3 is 2.43 bits per heavy atom. The standard InChI is InChI=1S/C26H27N3O7S/c1-4-11-33-17-7-5-8-18(14-17)36-23-16-21-20(28(2)26(30)29(21)3)15-19(23)27-37(31,32)24-10-6-9-22-25(24)35-13-12-34-22/h5-10,14-16,27H,4,11-13H2,1-3H3. The van der Waals surface area contributed by atoms with Crippen molar-refractivity contribution in [1.82, 2.24) is 9.13 Å². The van der Waals surface area contributed by atoms with Crippen LogP contribution in [0.3, 0.4) is 0 Å². The first-order valence-electron chi connectivity index (χ1n) is 11.8. The topological polar surface area (TPSA) is 110 Å². The van der Waals surface area contributed by atoms with Crippen LogP contribution in [0.5, 0.6) is 28.7 Å². The number of nitrogens with one attached hydrogen (secondary N) is 1. The number of nitrogens with zero attached hydrogens (tertiary/aromatic N) is 2. The highest BCUT2D eigenvalue weighted by atomic mass is 32.2. The molecule has 2 heterocycles. The van der Waals surface area contributed by atoms with Crippen LogP contribution in [-0.2, 0) is 24.1 Å². The molecule has 0 atom stereocenters. The molecule has 11 heteroatoms. The molecule has 1 aromatic heterocycles. The molecule has 1 N–H and O–H groups in total. The zero-order valence-electron chi connectivity index (χ0n) is 20.7. The van der Waals surface area contributed by atoms with Crippen molar-refractivity contribution < 1.29 is 27.4 Å². The van der Waals surface area contributed by atoms with E-state index in [4.69, 9.17) is 18.9 Å². The van der Waals surface area contributed by atoms with Gasteiger partial charge < -0.3 is 18.9 Å². The lowest BCUT2D eigenvalue weighted by Gasteiger charge is -2.21. The maximum absolute atomic E-state index is 13.5. The Bertz CT molecular complexity index is 1640. The lowest BCUT2D eigenvalue weighted by molar-refractivity contribution is 0.167. The SMILES string of the molecule is CCCOc1cccc(Oc2cc3c(cc2NS(=O)(=O)c2cccc4c2OCCO4)n(C)c(=O)n3C)c1. The van der Waals surface area contributed by atoms with Crippen LogP contribution in [-0.4, -0.2) is 37.4 Å². The molecule has 3 aromatic carbocycles. The largest absolute Gasteiger partial charge is 0.493 e. The first-order valence-corrected chi connectivity index (χ1v) is 13.3. The molecule has 1 aliphatic rings. The maximum atomic E-state index is 13.5. The van der Waals surface area contributed by atoms with E-state index in [2.05, 4.69) is 4.72 Å². The molecule has 0 saturated heterocycles. The number of hydrogen-bond acceptors (Lipinski definition) is 7. The fourth-order valence-corrected chi connectivity index (χ4v) is 5.34. The summed E-state index contributed by atoms with van der Waals surface area (Å²) in [5.74, 6) is 1.80. The third-order valence-corrected chi connectivity index (χ3v) is 7.33. The number of sulfonamides is 1. The number of imidazole rings is 1. The van der Waals surface area contributed by atoms with Gasteiger partial charge in [-0.1, -0.05) is 19.1 Å². The lowest BCUT2D eigenvalue weighted by Crippen LogP contribution is -2.20. The zero-order valence-corrected chi connectivity index (χ0v) is 21.5. The van der Waals surface area contributed by atoms with Gasteiger partial charge in [0.25, 0.3) is 10.0 Å². The van der Waals surface area contributed by atoms with Gasteiger partial charge in [-0.2, -0.15) is 0 Å². The van der Waals surface area contributed by atoms with E-state index in [1.165, 1.54) is 15.2 Å². The Labute approximate surface area is 214 Å². The Kier molecular flexibility index (Phi) is 6.46. The molecule has 0 bridgehead atoms. The number of hydrogen-bond donors (Lipinski definition) is 1. The van der Waals surface area contributed by atoms with Gasteiger partial charge in [0.2, 0.25) is 0 Å². The number of aryl methyl sites for hydroxylation is 2. The molecular formula is C26H27N3O7S. The summed E-state index contributed by atoms with van der Waals surface area (Å²) in [5.41, 5.74) is 1.02. The monoisotopic (exact) mass is 525 g/mol. The van der Waals surface area contributed by atoms with Crippen molar-refractivity contribution in [3.8, 4) is 28.7 Å². The van der Waals surface area contributed by atoms with Gasteiger partial charge >= 0.3 is 5.69 Å². The normalized spacial score (nSPS) is 12.9. The average molecular weight is 526 g/mol. The highest BCUT2D eigenvalue weighted by Crippen LogP contribution is 2.40. The van der Waals surface area contributed by atoms with Crippen LogP contribution in [0, 0.1) is 0 Å². The Balaban J connectivity index is 1.59. The average Bonchev–Trinajstić information content (AvgIpc) is 3.10. The summed E-state index contributed by atoms with van der Waals surface area (Å²) in [5, 5.41) is 0. The van der Waals surface area contributed by atoms with E-state index in [1.807, 2.05) is 13.0 Å². The Morgan fingerprint density at radius 2 is 1.65 bits per heavy atom. The summed E-state index contributed by atoms with van der Waals surface area (Å²) >= 11 is 0. The molecule has 194 valence electrons. The van der Waals surface area contributed by atoms with E-state index in [1.54, 1.807) is 56.6 Å². The maximum Gasteiger partial charge on any atom is 0.328 e. The molecule has 37 heavy (non-hydrogen) atoms. The molecule has 4 aromatic rings. The van der Waals surface area contributed by atoms with Gasteiger partial charge in [0.05, 0.1) is 23.3 Å². The lowest BCUT2D eigenvalue weighted by atomic mass is 10.2. The molecule has 0 fully saturated rings. The zero-order chi connectivity index (χ0) is 26.2. The highest BCUT2D eigenvalue weighted by Gasteiger charge is 2.27. The minimum Gasteiger partial charge on any atom is -0.493 e. The van der Waals surface area contributed by atoms with Crippen LogP contribution >= 0.6 is 0 Å². The molecule has 1 aliphatic heterocycles. The van der Waals surface area contributed by atoms with Crippen molar-refractivity contribution in [2.45, 2.75) is 18.2 Å². The van der Waals surface area contributed by atoms with Crippen molar-refractivity contribution >= 4 is 26.7 Å². The first kappa shape index (κ1) is 24.6. The van der Waals surface area contributed by atoms with Gasteiger partial charge in [-0.25, -0.2) is 13.2 Å². The minimum absolute atomic E-state index is 0.0624. The fraction of sp³-hybridized carbons (Fsp3) is 0.269. The minimum atomic E-state index is -4.13. The molecule has 0 aliphatic carbocycles. The van der Waals surface area contributed by atoms with Crippen LogP contribution in [0.25, 0.3) is 11.0 Å². The van der Waals surface area contributed by atoms with Crippen LogP contribution in [0.4, 0.5) is 5.69 Å². The second kappa shape index (κ2) is 9.74. The van der Waals surface area contributed by atoms with E-state index < -0.39 is 10.0 Å². The quantitative estimate of drug-likeness (QED) is 0.370. The third-order valence-electron chi connectivity index (χ3n) is 5.94. The van der Waals surface area contributed by atoms with E-state index in [0.717, 1.165) is 6.42 Å². The van der Waals surface area contributed by atoms with Crippen LogP contribution in [0.15, 0.2) is 64.3 Å². The number of rotatable bonds is 8. The predicted molar refractivity (Wildman–Crippen MR) is 139 cm³/mol. The van der Waals surface area contributed by atoms with Gasteiger partial charge in [-0.3, -0.25) is 13.9 Å². The molecule has 10 nitrogen and oxygen atoms in total. The second-order valence-corrected chi connectivity index (χ2v) is 10.2. The molecule has 0 amide bonds. The van der Waals surface area contributed by atoms with Gasteiger partial charge in [-0.15, -0.1) is 0 Å². The highest BCUT2D eigenvalue weighted by molar-refractivity contribution is 7.92. The number of para-hydroxylation sites is 1. The van der Waals surface area contributed by atoms with E-state index in [0.29, 0.717) is 41.5 Å². The van der Waals surface area contributed by atoms with Crippen molar-refractivity contribution in [1.29, 1.82) is 0 Å². The third kappa shape index (κ3) is 4.69. The number of fused-ring (bicyclic) bond motifs is 2. The van der Waals surface area contributed by atoms with Gasteiger partial charge in [0.1, 0.15) is 29.6 Å².